The summed E-state index contributed by atoms with van der Waals surface area (Å²) in [4.78, 5) is 0. The SMILES string of the molecule is Cc1ccc(Br)c(F)c1C1CCCNC1. The number of nitrogens with one attached hydrogen (secondary N) is 1. The Morgan fingerprint density at radius 1 is 1.47 bits per heavy atom. The zero-order valence-electron chi connectivity index (χ0n) is 8.82. The van der Waals surface area contributed by atoms with Crippen molar-refractivity contribution in [2.45, 2.75) is 25.7 Å². The van der Waals surface area contributed by atoms with Crippen LogP contribution >= 0.6 is 15.9 Å². The van der Waals surface area contributed by atoms with Crippen molar-refractivity contribution in [1.82, 2.24) is 5.32 Å². The molecule has 1 saturated heterocycles. The van der Waals surface area contributed by atoms with Crippen LogP contribution in [0, 0.1) is 12.7 Å². The average molecular weight is 272 g/mol. The molecule has 0 saturated carbocycles. The highest BCUT2D eigenvalue weighted by molar-refractivity contribution is 9.10. The molecule has 1 heterocycles. The van der Waals surface area contributed by atoms with Crippen LogP contribution in [0.25, 0.3) is 0 Å². The first-order valence-electron chi connectivity index (χ1n) is 5.35. The highest BCUT2D eigenvalue weighted by Crippen LogP contribution is 2.31. The lowest BCUT2D eigenvalue weighted by Gasteiger charge is -2.25. The summed E-state index contributed by atoms with van der Waals surface area (Å²) in [7, 11) is 0. The van der Waals surface area contributed by atoms with E-state index in [9.17, 15) is 4.39 Å². The lowest BCUT2D eigenvalue weighted by molar-refractivity contribution is 0.444. The molecule has 82 valence electrons. The van der Waals surface area contributed by atoms with Gasteiger partial charge in [0.05, 0.1) is 4.47 Å². The smallest absolute Gasteiger partial charge is 0.141 e. The van der Waals surface area contributed by atoms with Crippen molar-refractivity contribution in [1.29, 1.82) is 0 Å². The minimum absolute atomic E-state index is 0.0799. The third-order valence-electron chi connectivity index (χ3n) is 3.06. The summed E-state index contributed by atoms with van der Waals surface area (Å²) in [6.07, 6.45) is 2.22. The van der Waals surface area contributed by atoms with Gasteiger partial charge in [0.1, 0.15) is 5.82 Å². The molecule has 0 amide bonds. The van der Waals surface area contributed by atoms with E-state index < -0.39 is 0 Å². The van der Waals surface area contributed by atoms with Crippen LogP contribution in [0.4, 0.5) is 4.39 Å². The zero-order chi connectivity index (χ0) is 10.8. The van der Waals surface area contributed by atoms with Crippen molar-refractivity contribution in [2.24, 2.45) is 0 Å². The van der Waals surface area contributed by atoms with Crippen LogP contribution < -0.4 is 5.32 Å². The second kappa shape index (κ2) is 4.62. The van der Waals surface area contributed by atoms with Crippen LogP contribution in [0.3, 0.4) is 0 Å². The molecule has 0 spiro atoms. The quantitative estimate of drug-likeness (QED) is 0.826. The number of piperidine rings is 1. The Bertz CT molecular complexity index is 359. The van der Waals surface area contributed by atoms with Gasteiger partial charge in [-0.3, -0.25) is 0 Å². The van der Waals surface area contributed by atoms with Crippen LogP contribution in [0.1, 0.15) is 29.9 Å². The van der Waals surface area contributed by atoms with Crippen molar-refractivity contribution < 1.29 is 4.39 Å². The monoisotopic (exact) mass is 271 g/mol. The molecule has 0 bridgehead atoms. The van der Waals surface area contributed by atoms with Gasteiger partial charge in [0.25, 0.3) is 0 Å². The standard InChI is InChI=1S/C12H15BrFN/c1-8-4-5-10(13)12(14)11(8)9-3-2-6-15-7-9/h4-5,9,15H,2-3,6-7H2,1H3. The molecule has 1 aliphatic rings. The molecule has 0 aromatic heterocycles. The van der Waals surface area contributed by atoms with Crippen molar-refractivity contribution in [3.63, 3.8) is 0 Å². The zero-order valence-corrected chi connectivity index (χ0v) is 10.4. The van der Waals surface area contributed by atoms with Gasteiger partial charge in [-0.1, -0.05) is 6.07 Å². The van der Waals surface area contributed by atoms with E-state index in [-0.39, 0.29) is 5.82 Å². The normalized spacial score (nSPS) is 21.7. The fourth-order valence-corrected chi connectivity index (χ4v) is 2.61. The van der Waals surface area contributed by atoms with E-state index >= 15 is 0 Å². The number of benzene rings is 1. The first-order valence-corrected chi connectivity index (χ1v) is 6.14. The molecule has 1 atom stereocenters. The van der Waals surface area contributed by atoms with E-state index in [1.807, 2.05) is 13.0 Å². The number of halogens is 2. The lowest BCUT2D eigenvalue weighted by Crippen LogP contribution is -2.29. The molecule has 1 nitrogen and oxygen atoms in total. The number of hydrogen-bond donors (Lipinski definition) is 1. The van der Waals surface area contributed by atoms with E-state index in [1.54, 1.807) is 6.07 Å². The largest absolute Gasteiger partial charge is 0.316 e. The van der Waals surface area contributed by atoms with Gasteiger partial charge in [-0.15, -0.1) is 0 Å². The molecule has 1 aromatic carbocycles. The number of rotatable bonds is 1. The summed E-state index contributed by atoms with van der Waals surface area (Å²) in [5, 5.41) is 3.33. The maximum atomic E-state index is 14.0. The first-order chi connectivity index (χ1) is 7.20. The molecule has 3 heteroatoms. The van der Waals surface area contributed by atoms with E-state index in [4.69, 9.17) is 0 Å². The van der Waals surface area contributed by atoms with Crippen LogP contribution in [0.2, 0.25) is 0 Å². The van der Waals surface area contributed by atoms with Crippen molar-refractivity contribution in [2.75, 3.05) is 13.1 Å². The first kappa shape index (κ1) is 11.1. The Morgan fingerprint density at radius 3 is 2.93 bits per heavy atom. The average Bonchev–Trinajstić information content (AvgIpc) is 2.26. The van der Waals surface area contributed by atoms with E-state index in [2.05, 4.69) is 21.2 Å². The van der Waals surface area contributed by atoms with Crippen LogP contribution in [0.15, 0.2) is 16.6 Å². The molecule has 1 fully saturated rings. The molecule has 15 heavy (non-hydrogen) atoms. The van der Waals surface area contributed by atoms with Crippen LogP contribution in [-0.4, -0.2) is 13.1 Å². The summed E-state index contributed by atoms with van der Waals surface area (Å²) >= 11 is 3.25. The fraction of sp³-hybridized carbons (Fsp3) is 0.500. The van der Waals surface area contributed by atoms with Gasteiger partial charge < -0.3 is 5.32 Å². The molecule has 1 unspecified atom stereocenters. The van der Waals surface area contributed by atoms with Crippen LogP contribution in [-0.2, 0) is 0 Å². The summed E-state index contributed by atoms with van der Waals surface area (Å²) < 4.78 is 14.5. The Labute approximate surface area is 98.2 Å². The molecule has 2 rings (SSSR count). The Balaban J connectivity index is 2.36. The van der Waals surface area contributed by atoms with E-state index in [1.165, 1.54) is 0 Å². The minimum atomic E-state index is -0.0799. The number of hydrogen-bond acceptors (Lipinski definition) is 1. The number of aryl methyl sites for hydroxylation is 1. The van der Waals surface area contributed by atoms with Crippen molar-refractivity contribution >= 4 is 15.9 Å². The second-order valence-electron chi connectivity index (χ2n) is 4.14. The Morgan fingerprint density at radius 2 is 2.27 bits per heavy atom. The highest BCUT2D eigenvalue weighted by Gasteiger charge is 2.21. The second-order valence-corrected chi connectivity index (χ2v) is 4.99. The Hall–Kier alpha value is -0.410. The van der Waals surface area contributed by atoms with Gasteiger partial charge in [-0.05, 0) is 65.4 Å². The maximum Gasteiger partial charge on any atom is 0.141 e. The molecule has 1 aromatic rings. The van der Waals surface area contributed by atoms with Crippen LogP contribution in [0.5, 0.6) is 0 Å². The van der Waals surface area contributed by atoms with Gasteiger partial charge in [-0.25, -0.2) is 4.39 Å². The van der Waals surface area contributed by atoms with Gasteiger partial charge in [0, 0.05) is 6.54 Å². The lowest BCUT2D eigenvalue weighted by atomic mass is 9.88. The summed E-state index contributed by atoms with van der Waals surface area (Å²) in [6.45, 7) is 3.94. The van der Waals surface area contributed by atoms with Gasteiger partial charge in [0.15, 0.2) is 0 Å². The van der Waals surface area contributed by atoms with E-state index in [0.29, 0.717) is 10.4 Å². The fourth-order valence-electron chi connectivity index (χ4n) is 2.26. The summed E-state index contributed by atoms with van der Waals surface area (Å²) in [5.41, 5.74) is 1.95. The van der Waals surface area contributed by atoms with Crippen molar-refractivity contribution in [3.8, 4) is 0 Å². The predicted octanol–water partition coefficient (Wildman–Crippen LogP) is 3.36. The topological polar surface area (TPSA) is 12.0 Å². The molecule has 1 aliphatic heterocycles. The summed E-state index contributed by atoms with van der Waals surface area (Å²) in [6, 6.07) is 3.77. The third kappa shape index (κ3) is 2.23. The molecule has 0 radical (unpaired) electrons. The van der Waals surface area contributed by atoms with Gasteiger partial charge >= 0.3 is 0 Å². The van der Waals surface area contributed by atoms with Crippen molar-refractivity contribution in [3.05, 3.63) is 33.5 Å². The maximum absolute atomic E-state index is 14.0. The highest BCUT2D eigenvalue weighted by atomic mass is 79.9. The van der Waals surface area contributed by atoms with Gasteiger partial charge in [0.2, 0.25) is 0 Å². The van der Waals surface area contributed by atoms with Gasteiger partial charge in [-0.2, -0.15) is 0 Å². The molecule has 1 N–H and O–H groups in total. The third-order valence-corrected chi connectivity index (χ3v) is 3.67. The summed E-state index contributed by atoms with van der Waals surface area (Å²) in [5.74, 6) is 0.250. The molecular formula is C12H15BrFN. The Kier molecular flexibility index (Phi) is 3.42. The molecule has 0 aliphatic carbocycles. The molecular weight excluding hydrogens is 257 g/mol. The van der Waals surface area contributed by atoms with E-state index in [0.717, 1.165) is 37.1 Å². The minimum Gasteiger partial charge on any atom is -0.316 e. The predicted molar refractivity (Wildman–Crippen MR) is 63.7 cm³/mol.